The van der Waals surface area contributed by atoms with Crippen molar-refractivity contribution in [2.75, 3.05) is 26.7 Å². The Labute approximate surface area is 99.4 Å². The van der Waals surface area contributed by atoms with Crippen molar-refractivity contribution in [3.63, 3.8) is 0 Å². The number of hydrogen-bond acceptors (Lipinski definition) is 3. The summed E-state index contributed by atoms with van der Waals surface area (Å²) in [5.74, 6) is 0. The summed E-state index contributed by atoms with van der Waals surface area (Å²) in [6.45, 7) is 7.15. The Morgan fingerprint density at radius 1 is 1.25 bits per heavy atom. The lowest BCUT2D eigenvalue weighted by Crippen LogP contribution is -2.44. The number of fused-ring (bicyclic) bond motifs is 2. The first-order valence-electron chi connectivity index (χ1n) is 6.68. The smallest absolute Gasteiger partial charge is 0.0743 e. The summed E-state index contributed by atoms with van der Waals surface area (Å²) in [7, 11) is 2.27. The van der Waals surface area contributed by atoms with Gasteiger partial charge in [-0.15, -0.1) is 0 Å². The van der Waals surface area contributed by atoms with E-state index in [0.717, 1.165) is 38.1 Å². The van der Waals surface area contributed by atoms with E-state index in [0.29, 0.717) is 0 Å². The number of likely N-dealkylation sites (N-methyl/N-ethyl adjacent to an activating group) is 1. The number of hydrogen-bond donors (Lipinski definition) is 1. The molecule has 2 bridgehead atoms. The van der Waals surface area contributed by atoms with Gasteiger partial charge in [0.2, 0.25) is 0 Å². The van der Waals surface area contributed by atoms with E-state index in [1.807, 2.05) is 6.92 Å². The van der Waals surface area contributed by atoms with Crippen LogP contribution in [0.2, 0.25) is 0 Å². The third-order valence-electron chi connectivity index (χ3n) is 4.56. The second kappa shape index (κ2) is 4.63. The number of nitrogens with zero attached hydrogens (tertiary/aromatic N) is 2. The Morgan fingerprint density at radius 3 is 2.62 bits per heavy atom. The van der Waals surface area contributed by atoms with Crippen molar-refractivity contribution < 1.29 is 5.11 Å². The normalized spacial score (nSPS) is 36.0. The van der Waals surface area contributed by atoms with Gasteiger partial charge in [0, 0.05) is 25.2 Å². The third-order valence-corrected chi connectivity index (χ3v) is 4.56. The average molecular weight is 226 g/mol. The molecular formula is C13H26N2O. The fourth-order valence-corrected chi connectivity index (χ4v) is 3.12. The fraction of sp³-hybridized carbons (Fsp3) is 1.00. The molecule has 0 radical (unpaired) electrons. The summed E-state index contributed by atoms with van der Waals surface area (Å²) in [5, 5.41) is 10.1. The van der Waals surface area contributed by atoms with E-state index in [9.17, 15) is 5.11 Å². The topological polar surface area (TPSA) is 26.7 Å². The largest absolute Gasteiger partial charge is 0.389 e. The molecule has 2 aliphatic rings. The van der Waals surface area contributed by atoms with Crippen molar-refractivity contribution in [1.82, 2.24) is 9.80 Å². The Bertz CT molecular complexity index is 242. The molecule has 0 amide bonds. The lowest BCUT2D eigenvalue weighted by Gasteiger charge is -2.32. The molecule has 2 fully saturated rings. The van der Waals surface area contributed by atoms with Crippen molar-refractivity contribution in [2.24, 2.45) is 0 Å². The van der Waals surface area contributed by atoms with Crippen LogP contribution < -0.4 is 0 Å². The summed E-state index contributed by atoms with van der Waals surface area (Å²) >= 11 is 0. The van der Waals surface area contributed by atoms with E-state index in [1.165, 1.54) is 19.3 Å². The zero-order valence-corrected chi connectivity index (χ0v) is 10.9. The molecule has 3 heteroatoms. The minimum Gasteiger partial charge on any atom is -0.389 e. The van der Waals surface area contributed by atoms with Crippen LogP contribution in [0.3, 0.4) is 0 Å². The number of β-amino-alcohol motifs (C(OH)–C–C–N with tert-alkyl or cyclic N) is 1. The Kier molecular flexibility index (Phi) is 3.57. The van der Waals surface area contributed by atoms with Crippen LogP contribution in [0, 0.1) is 0 Å². The van der Waals surface area contributed by atoms with Crippen LogP contribution in [-0.4, -0.2) is 59.3 Å². The highest BCUT2D eigenvalue weighted by molar-refractivity contribution is 4.92. The number of aliphatic hydroxyl groups is 1. The highest BCUT2D eigenvalue weighted by Gasteiger charge is 2.35. The van der Waals surface area contributed by atoms with Crippen LogP contribution >= 0.6 is 0 Å². The minimum absolute atomic E-state index is 0.512. The quantitative estimate of drug-likeness (QED) is 0.786. The maximum Gasteiger partial charge on any atom is 0.0743 e. The molecule has 0 aliphatic carbocycles. The van der Waals surface area contributed by atoms with Gasteiger partial charge in [-0.2, -0.15) is 0 Å². The Balaban J connectivity index is 1.94. The lowest BCUT2D eigenvalue weighted by atomic mass is 10.0. The van der Waals surface area contributed by atoms with Gasteiger partial charge in [-0.05, 0) is 46.2 Å². The summed E-state index contributed by atoms with van der Waals surface area (Å²) in [4.78, 5) is 5.02. The second-order valence-electron chi connectivity index (χ2n) is 5.92. The summed E-state index contributed by atoms with van der Waals surface area (Å²) < 4.78 is 0. The molecule has 3 nitrogen and oxygen atoms in total. The summed E-state index contributed by atoms with van der Waals surface area (Å²) in [5.41, 5.74) is -0.512. The molecule has 3 unspecified atom stereocenters. The number of rotatable bonds is 3. The molecule has 0 aromatic carbocycles. The minimum atomic E-state index is -0.512. The Hall–Kier alpha value is -0.120. The van der Waals surface area contributed by atoms with Gasteiger partial charge in [-0.3, -0.25) is 9.80 Å². The van der Waals surface area contributed by atoms with Crippen molar-refractivity contribution in [3.05, 3.63) is 0 Å². The van der Waals surface area contributed by atoms with Crippen LogP contribution in [0.4, 0.5) is 0 Å². The van der Waals surface area contributed by atoms with Crippen LogP contribution in [0.1, 0.15) is 39.5 Å². The molecule has 0 spiro atoms. The maximum absolute atomic E-state index is 10.1. The first-order valence-corrected chi connectivity index (χ1v) is 6.68. The molecule has 3 atom stereocenters. The zero-order chi connectivity index (χ0) is 11.8. The van der Waals surface area contributed by atoms with E-state index in [1.54, 1.807) is 0 Å². The van der Waals surface area contributed by atoms with Crippen LogP contribution in [0.5, 0.6) is 0 Å². The zero-order valence-electron chi connectivity index (χ0n) is 10.9. The van der Waals surface area contributed by atoms with Crippen molar-refractivity contribution in [1.29, 1.82) is 0 Å². The van der Waals surface area contributed by atoms with E-state index < -0.39 is 5.60 Å². The van der Waals surface area contributed by atoms with Gasteiger partial charge in [0.25, 0.3) is 0 Å². The Morgan fingerprint density at radius 2 is 1.94 bits per heavy atom. The maximum atomic E-state index is 10.1. The first-order chi connectivity index (χ1) is 7.52. The molecule has 0 aromatic heterocycles. The monoisotopic (exact) mass is 226 g/mol. The van der Waals surface area contributed by atoms with E-state index in [2.05, 4.69) is 23.8 Å². The van der Waals surface area contributed by atoms with Crippen molar-refractivity contribution >= 4 is 0 Å². The molecule has 2 heterocycles. The first kappa shape index (κ1) is 12.3. The molecular weight excluding hydrogens is 200 g/mol. The van der Waals surface area contributed by atoms with Gasteiger partial charge in [0.05, 0.1) is 5.60 Å². The molecule has 1 N–H and O–H groups in total. The summed E-state index contributed by atoms with van der Waals surface area (Å²) in [6, 6.07) is 1.52. The molecule has 2 rings (SSSR count). The van der Waals surface area contributed by atoms with Gasteiger partial charge in [-0.25, -0.2) is 0 Å². The third kappa shape index (κ3) is 2.58. The molecule has 0 saturated carbocycles. The van der Waals surface area contributed by atoms with Crippen molar-refractivity contribution in [3.8, 4) is 0 Å². The van der Waals surface area contributed by atoms with Crippen molar-refractivity contribution in [2.45, 2.75) is 57.2 Å². The van der Waals surface area contributed by atoms with E-state index in [4.69, 9.17) is 0 Å². The standard InChI is InChI=1S/C13H26N2O/c1-4-13(2,16)10-15-8-7-11-5-6-12(9-15)14(11)3/h11-12,16H,4-10H2,1-3H3. The van der Waals surface area contributed by atoms with Gasteiger partial charge >= 0.3 is 0 Å². The van der Waals surface area contributed by atoms with Gasteiger partial charge in [-0.1, -0.05) is 6.92 Å². The number of likely N-dealkylation sites (tertiary alicyclic amines) is 1. The van der Waals surface area contributed by atoms with Crippen LogP contribution in [0.25, 0.3) is 0 Å². The molecule has 16 heavy (non-hydrogen) atoms. The highest BCUT2D eigenvalue weighted by Crippen LogP contribution is 2.29. The molecule has 94 valence electrons. The van der Waals surface area contributed by atoms with E-state index >= 15 is 0 Å². The summed E-state index contributed by atoms with van der Waals surface area (Å²) in [6.07, 6.45) is 4.82. The highest BCUT2D eigenvalue weighted by atomic mass is 16.3. The second-order valence-corrected chi connectivity index (χ2v) is 5.92. The predicted molar refractivity (Wildman–Crippen MR) is 66.5 cm³/mol. The molecule has 2 saturated heterocycles. The van der Waals surface area contributed by atoms with Crippen LogP contribution in [-0.2, 0) is 0 Å². The van der Waals surface area contributed by atoms with Gasteiger partial charge in [0.1, 0.15) is 0 Å². The average Bonchev–Trinajstić information content (AvgIpc) is 2.47. The predicted octanol–water partition coefficient (Wildman–Crippen LogP) is 1.32. The van der Waals surface area contributed by atoms with Gasteiger partial charge < -0.3 is 5.11 Å². The lowest BCUT2D eigenvalue weighted by molar-refractivity contribution is 0.0142. The SMILES string of the molecule is CCC(C)(O)CN1CCC2CCC(C1)N2C. The fourth-order valence-electron chi connectivity index (χ4n) is 3.12. The van der Waals surface area contributed by atoms with Crippen LogP contribution in [0.15, 0.2) is 0 Å². The van der Waals surface area contributed by atoms with Gasteiger partial charge in [0.15, 0.2) is 0 Å². The molecule has 0 aromatic rings. The van der Waals surface area contributed by atoms with E-state index in [-0.39, 0.29) is 0 Å². The molecule has 2 aliphatic heterocycles.